The summed E-state index contributed by atoms with van der Waals surface area (Å²) >= 11 is 3.49. The van der Waals surface area contributed by atoms with Crippen LogP contribution in [0.2, 0.25) is 0 Å². The molecule has 110 valence electrons. The molecule has 0 radical (unpaired) electrons. The monoisotopic (exact) mass is 351 g/mol. The molecule has 0 spiro atoms. The highest BCUT2D eigenvalue weighted by molar-refractivity contribution is 9.09. The lowest BCUT2D eigenvalue weighted by Crippen LogP contribution is -2.50. The zero-order valence-electron chi connectivity index (χ0n) is 11.1. The van der Waals surface area contributed by atoms with Crippen LogP contribution >= 0.6 is 15.9 Å². The maximum Gasteiger partial charge on any atom is 0.238 e. The molecule has 0 bridgehead atoms. The SMILES string of the molecule is O=C(NC1CCCCC1CBr)C1CCCCS1(=O)=O. The Morgan fingerprint density at radius 2 is 1.79 bits per heavy atom. The van der Waals surface area contributed by atoms with Crippen LogP contribution in [0.25, 0.3) is 0 Å². The highest BCUT2D eigenvalue weighted by Gasteiger charge is 2.36. The number of halogens is 1. The predicted molar refractivity (Wildman–Crippen MR) is 79.1 cm³/mol. The van der Waals surface area contributed by atoms with Crippen LogP contribution in [0, 0.1) is 5.92 Å². The first-order valence-corrected chi connectivity index (χ1v) is 9.96. The standard InChI is InChI=1S/C13H22BrNO3S/c14-9-10-5-1-2-6-11(10)15-13(16)12-7-3-4-8-19(12,17)18/h10-12H,1-9H2,(H,15,16). The smallest absolute Gasteiger partial charge is 0.238 e. The summed E-state index contributed by atoms with van der Waals surface area (Å²) in [5.41, 5.74) is 0. The Morgan fingerprint density at radius 1 is 1.11 bits per heavy atom. The number of amides is 1. The van der Waals surface area contributed by atoms with E-state index in [0.29, 0.717) is 18.8 Å². The Labute approximate surface area is 123 Å². The summed E-state index contributed by atoms with van der Waals surface area (Å²) in [5, 5.41) is 3.06. The van der Waals surface area contributed by atoms with Crippen molar-refractivity contribution in [1.82, 2.24) is 5.32 Å². The van der Waals surface area contributed by atoms with E-state index in [1.807, 2.05) is 0 Å². The van der Waals surface area contributed by atoms with Gasteiger partial charge >= 0.3 is 0 Å². The summed E-state index contributed by atoms with van der Waals surface area (Å²) in [4.78, 5) is 12.2. The van der Waals surface area contributed by atoms with Gasteiger partial charge in [-0.2, -0.15) is 0 Å². The lowest BCUT2D eigenvalue weighted by Gasteiger charge is -2.32. The second kappa shape index (κ2) is 6.57. The van der Waals surface area contributed by atoms with Crippen molar-refractivity contribution in [1.29, 1.82) is 0 Å². The van der Waals surface area contributed by atoms with Crippen molar-refractivity contribution in [2.75, 3.05) is 11.1 Å². The summed E-state index contributed by atoms with van der Waals surface area (Å²) in [6, 6.07) is 0.137. The van der Waals surface area contributed by atoms with Gasteiger partial charge < -0.3 is 5.32 Å². The molecule has 3 unspecified atom stereocenters. The molecule has 2 fully saturated rings. The number of rotatable bonds is 3. The molecule has 1 saturated heterocycles. The van der Waals surface area contributed by atoms with Gasteiger partial charge in [-0.05, 0) is 31.6 Å². The molecule has 0 aromatic rings. The molecule has 3 atom stereocenters. The number of nitrogens with one attached hydrogen (secondary N) is 1. The van der Waals surface area contributed by atoms with Gasteiger partial charge in [-0.1, -0.05) is 35.2 Å². The number of carbonyl (C=O) groups excluding carboxylic acids is 1. The predicted octanol–water partition coefficient (Wildman–Crippen LogP) is 2.02. The Morgan fingerprint density at radius 3 is 2.47 bits per heavy atom. The van der Waals surface area contributed by atoms with E-state index in [2.05, 4.69) is 21.2 Å². The van der Waals surface area contributed by atoms with E-state index in [1.54, 1.807) is 0 Å². The lowest BCUT2D eigenvalue weighted by atomic mass is 9.86. The molecule has 1 N–H and O–H groups in total. The molecule has 2 aliphatic rings. The Bertz CT molecular complexity index is 424. The second-order valence-corrected chi connectivity index (χ2v) is 8.62. The summed E-state index contributed by atoms with van der Waals surface area (Å²) in [6.45, 7) is 0. The average Bonchev–Trinajstić information content (AvgIpc) is 2.38. The third-order valence-corrected chi connectivity index (χ3v) is 7.31. The van der Waals surface area contributed by atoms with Gasteiger partial charge in [0.05, 0.1) is 5.75 Å². The van der Waals surface area contributed by atoms with Gasteiger partial charge in [-0.15, -0.1) is 0 Å². The maximum atomic E-state index is 12.2. The fourth-order valence-corrected chi connectivity index (χ4v) is 5.69. The van der Waals surface area contributed by atoms with Gasteiger partial charge in [-0.3, -0.25) is 4.79 Å². The lowest BCUT2D eigenvalue weighted by molar-refractivity contribution is -0.122. The number of sulfone groups is 1. The van der Waals surface area contributed by atoms with Crippen LogP contribution in [-0.4, -0.2) is 36.7 Å². The highest BCUT2D eigenvalue weighted by Crippen LogP contribution is 2.27. The normalized spacial score (nSPS) is 34.7. The van der Waals surface area contributed by atoms with E-state index in [9.17, 15) is 13.2 Å². The molecule has 1 amide bonds. The Kier molecular flexibility index (Phi) is 5.29. The Balaban J connectivity index is 1.99. The molecular formula is C13H22BrNO3S. The third-order valence-electron chi connectivity index (χ3n) is 4.31. The number of alkyl halides is 1. The zero-order valence-corrected chi connectivity index (χ0v) is 13.5. The molecule has 1 heterocycles. The molecule has 4 nitrogen and oxygen atoms in total. The van der Waals surface area contributed by atoms with E-state index in [1.165, 1.54) is 6.42 Å². The molecule has 0 aromatic heterocycles. The molecule has 1 aliphatic heterocycles. The minimum atomic E-state index is -3.22. The number of carbonyl (C=O) groups is 1. The van der Waals surface area contributed by atoms with E-state index in [-0.39, 0.29) is 17.7 Å². The quantitative estimate of drug-likeness (QED) is 0.791. The fraction of sp³-hybridized carbons (Fsp3) is 0.923. The molecule has 1 aliphatic carbocycles. The molecular weight excluding hydrogens is 330 g/mol. The zero-order chi connectivity index (χ0) is 13.9. The van der Waals surface area contributed by atoms with E-state index < -0.39 is 15.1 Å². The van der Waals surface area contributed by atoms with Crippen molar-refractivity contribution >= 4 is 31.7 Å². The number of hydrogen-bond acceptors (Lipinski definition) is 3. The minimum Gasteiger partial charge on any atom is -0.352 e. The first-order chi connectivity index (χ1) is 9.04. The second-order valence-electron chi connectivity index (χ2n) is 5.67. The van der Waals surface area contributed by atoms with Gasteiger partial charge in [0.25, 0.3) is 0 Å². The van der Waals surface area contributed by atoms with Crippen LogP contribution in [0.4, 0.5) is 0 Å². The summed E-state index contributed by atoms with van der Waals surface area (Å²) in [7, 11) is -3.22. The first-order valence-electron chi connectivity index (χ1n) is 7.12. The molecule has 2 rings (SSSR count). The van der Waals surface area contributed by atoms with Crippen molar-refractivity contribution in [3.63, 3.8) is 0 Å². The highest BCUT2D eigenvalue weighted by atomic mass is 79.9. The summed E-state index contributed by atoms with van der Waals surface area (Å²) < 4.78 is 23.9. The van der Waals surface area contributed by atoms with Crippen molar-refractivity contribution in [3.8, 4) is 0 Å². The van der Waals surface area contributed by atoms with Gasteiger partial charge in [-0.25, -0.2) is 8.42 Å². The summed E-state index contributed by atoms with van der Waals surface area (Å²) in [5.74, 6) is 0.332. The van der Waals surface area contributed by atoms with Crippen molar-refractivity contribution in [2.45, 2.75) is 56.2 Å². The topological polar surface area (TPSA) is 63.2 Å². The van der Waals surface area contributed by atoms with E-state index in [4.69, 9.17) is 0 Å². The molecule has 0 aromatic carbocycles. The number of hydrogen-bond donors (Lipinski definition) is 1. The largest absolute Gasteiger partial charge is 0.352 e. The molecule has 1 saturated carbocycles. The van der Waals surface area contributed by atoms with Crippen LogP contribution < -0.4 is 5.32 Å². The van der Waals surface area contributed by atoms with E-state index in [0.717, 1.165) is 31.0 Å². The van der Waals surface area contributed by atoms with Crippen LogP contribution in [0.1, 0.15) is 44.9 Å². The third kappa shape index (κ3) is 3.72. The van der Waals surface area contributed by atoms with Gasteiger partial charge in [0.15, 0.2) is 9.84 Å². The van der Waals surface area contributed by atoms with Crippen LogP contribution in [0.3, 0.4) is 0 Å². The van der Waals surface area contributed by atoms with Crippen molar-refractivity contribution in [2.24, 2.45) is 5.92 Å². The van der Waals surface area contributed by atoms with Gasteiger partial charge in [0.2, 0.25) is 5.91 Å². The molecule has 6 heteroatoms. The maximum absolute atomic E-state index is 12.2. The van der Waals surface area contributed by atoms with Crippen molar-refractivity contribution < 1.29 is 13.2 Å². The van der Waals surface area contributed by atoms with Crippen LogP contribution in [0.5, 0.6) is 0 Å². The van der Waals surface area contributed by atoms with E-state index >= 15 is 0 Å². The fourth-order valence-electron chi connectivity index (χ4n) is 3.11. The first kappa shape index (κ1) is 15.3. The molecule has 19 heavy (non-hydrogen) atoms. The minimum absolute atomic E-state index is 0.137. The van der Waals surface area contributed by atoms with Gasteiger partial charge in [0, 0.05) is 11.4 Å². The van der Waals surface area contributed by atoms with Crippen molar-refractivity contribution in [3.05, 3.63) is 0 Å². The van der Waals surface area contributed by atoms with Crippen LogP contribution in [0.15, 0.2) is 0 Å². The van der Waals surface area contributed by atoms with Gasteiger partial charge in [0.1, 0.15) is 5.25 Å². The van der Waals surface area contributed by atoms with Crippen LogP contribution in [-0.2, 0) is 14.6 Å². The summed E-state index contributed by atoms with van der Waals surface area (Å²) in [6.07, 6.45) is 6.40. The Hall–Kier alpha value is -0.100. The average molecular weight is 352 g/mol.